The lowest BCUT2D eigenvalue weighted by Gasteiger charge is -2.13. The Morgan fingerprint density at radius 1 is 1.39 bits per heavy atom. The van der Waals surface area contributed by atoms with Crippen LogP contribution < -0.4 is 15.4 Å². The van der Waals surface area contributed by atoms with Gasteiger partial charge in [0.05, 0.1) is 7.11 Å². The fourth-order valence-electron chi connectivity index (χ4n) is 1.62. The van der Waals surface area contributed by atoms with Gasteiger partial charge in [0.1, 0.15) is 6.33 Å². The Hall–Kier alpha value is -1.56. The van der Waals surface area contributed by atoms with Crippen molar-refractivity contribution in [3.8, 4) is 5.75 Å². The van der Waals surface area contributed by atoms with E-state index in [-0.39, 0.29) is 6.61 Å². The number of methoxy groups -OCH3 is 1. The zero-order chi connectivity index (χ0) is 13.4. The Morgan fingerprint density at radius 2 is 2.11 bits per heavy atom. The van der Waals surface area contributed by atoms with Gasteiger partial charge in [0.25, 0.3) is 0 Å². The molecule has 1 unspecified atom stereocenters. The number of hydrogen-bond acceptors (Lipinski definition) is 6. The fraction of sp³-hybridized carbons (Fsp3) is 0.667. The van der Waals surface area contributed by atoms with Crippen LogP contribution in [0.15, 0.2) is 6.33 Å². The zero-order valence-electron chi connectivity index (χ0n) is 11.2. The Labute approximate surface area is 108 Å². The number of nitrogens with one attached hydrogen (secondary N) is 2. The molecular weight excluding hydrogens is 232 g/mol. The third-order valence-electron chi connectivity index (χ3n) is 2.72. The molecule has 102 valence electrons. The van der Waals surface area contributed by atoms with Crippen molar-refractivity contribution >= 4 is 11.6 Å². The summed E-state index contributed by atoms with van der Waals surface area (Å²) in [6.45, 7) is 3.06. The van der Waals surface area contributed by atoms with Crippen LogP contribution in [0, 0.1) is 5.92 Å². The molecule has 1 aromatic heterocycles. The quantitative estimate of drug-likeness (QED) is 0.608. The van der Waals surface area contributed by atoms with E-state index in [0.717, 1.165) is 19.4 Å². The average molecular weight is 254 g/mol. The smallest absolute Gasteiger partial charge is 0.204 e. The summed E-state index contributed by atoms with van der Waals surface area (Å²) in [5.74, 6) is 2.31. The zero-order valence-corrected chi connectivity index (χ0v) is 11.2. The van der Waals surface area contributed by atoms with Crippen molar-refractivity contribution in [3.05, 3.63) is 6.33 Å². The topological polar surface area (TPSA) is 79.3 Å². The highest BCUT2D eigenvalue weighted by atomic mass is 16.5. The van der Waals surface area contributed by atoms with Crippen LogP contribution in [0.1, 0.15) is 19.8 Å². The van der Waals surface area contributed by atoms with Crippen molar-refractivity contribution in [3.63, 3.8) is 0 Å². The second-order valence-electron chi connectivity index (χ2n) is 4.21. The molecule has 18 heavy (non-hydrogen) atoms. The second kappa shape index (κ2) is 7.71. The molecule has 0 aromatic carbocycles. The predicted octanol–water partition coefficient (Wildman–Crippen LogP) is 1.35. The van der Waals surface area contributed by atoms with Crippen LogP contribution in [0.4, 0.5) is 11.6 Å². The van der Waals surface area contributed by atoms with E-state index in [1.54, 1.807) is 14.2 Å². The van der Waals surface area contributed by atoms with Crippen LogP contribution in [0.3, 0.4) is 0 Å². The monoisotopic (exact) mass is 254 g/mol. The average Bonchev–Trinajstić information content (AvgIpc) is 2.42. The number of aliphatic hydroxyl groups is 1. The van der Waals surface area contributed by atoms with Crippen molar-refractivity contribution in [2.75, 3.05) is 37.9 Å². The van der Waals surface area contributed by atoms with E-state index in [0.29, 0.717) is 23.3 Å². The van der Waals surface area contributed by atoms with Crippen LogP contribution in [-0.4, -0.2) is 42.4 Å². The molecule has 0 radical (unpaired) electrons. The molecule has 0 aliphatic rings. The lowest BCUT2D eigenvalue weighted by atomic mass is 10.1. The largest absolute Gasteiger partial charge is 0.490 e. The highest BCUT2D eigenvalue weighted by Gasteiger charge is 2.10. The summed E-state index contributed by atoms with van der Waals surface area (Å²) in [4.78, 5) is 8.24. The molecule has 0 amide bonds. The number of aliphatic hydroxyl groups excluding tert-OH is 1. The summed E-state index contributed by atoms with van der Waals surface area (Å²) >= 11 is 0. The Balaban J connectivity index is 2.51. The highest BCUT2D eigenvalue weighted by Crippen LogP contribution is 2.28. The van der Waals surface area contributed by atoms with Crippen LogP contribution >= 0.6 is 0 Å². The van der Waals surface area contributed by atoms with Crippen molar-refractivity contribution in [1.82, 2.24) is 9.97 Å². The first-order valence-electron chi connectivity index (χ1n) is 6.14. The summed E-state index contributed by atoms with van der Waals surface area (Å²) in [7, 11) is 3.39. The standard InChI is InChI=1S/C12H22N4O2/c1-9(7-17)5-4-6-14-12-10(18-3)11(13-2)15-8-16-12/h8-9,17H,4-7H2,1-3H3,(H2,13,14,15,16). The van der Waals surface area contributed by atoms with E-state index < -0.39 is 0 Å². The first-order valence-corrected chi connectivity index (χ1v) is 6.14. The summed E-state index contributed by atoms with van der Waals surface area (Å²) in [6.07, 6.45) is 3.45. The summed E-state index contributed by atoms with van der Waals surface area (Å²) in [5, 5.41) is 15.1. The molecule has 0 saturated heterocycles. The molecule has 0 spiro atoms. The maximum absolute atomic E-state index is 8.93. The highest BCUT2D eigenvalue weighted by molar-refractivity contribution is 5.63. The number of hydrogen-bond donors (Lipinski definition) is 3. The maximum Gasteiger partial charge on any atom is 0.204 e. The molecule has 0 aliphatic carbocycles. The number of anilines is 2. The summed E-state index contributed by atoms with van der Waals surface area (Å²) in [6, 6.07) is 0. The second-order valence-corrected chi connectivity index (χ2v) is 4.21. The molecular formula is C12H22N4O2. The van der Waals surface area contributed by atoms with Gasteiger partial charge in [0.2, 0.25) is 5.75 Å². The summed E-state index contributed by atoms with van der Waals surface area (Å²) < 4.78 is 5.28. The van der Waals surface area contributed by atoms with Gasteiger partial charge in [0, 0.05) is 20.2 Å². The van der Waals surface area contributed by atoms with E-state index in [9.17, 15) is 0 Å². The Morgan fingerprint density at radius 3 is 2.72 bits per heavy atom. The molecule has 1 atom stereocenters. The Bertz CT molecular complexity index is 360. The van der Waals surface area contributed by atoms with Gasteiger partial charge in [0.15, 0.2) is 11.6 Å². The minimum atomic E-state index is 0.237. The van der Waals surface area contributed by atoms with Crippen molar-refractivity contribution in [2.24, 2.45) is 5.92 Å². The predicted molar refractivity (Wildman–Crippen MR) is 72.1 cm³/mol. The third kappa shape index (κ3) is 4.03. The molecule has 6 nitrogen and oxygen atoms in total. The lowest BCUT2D eigenvalue weighted by molar-refractivity contribution is 0.229. The van der Waals surface area contributed by atoms with Gasteiger partial charge in [-0.05, 0) is 18.8 Å². The van der Waals surface area contributed by atoms with E-state index in [1.807, 2.05) is 6.92 Å². The molecule has 1 aromatic rings. The molecule has 0 aliphatic heterocycles. The minimum absolute atomic E-state index is 0.237. The van der Waals surface area contributed by atoms with Crippen LogP contribution in [0.2, 0.25) is 0 Å². The van der Waals surface area contributed by atoms with Gasteiger partial charge in [-0.15, -0.1) is 0 Å². The molecule has 6 heteroatoms. The molecule has 0 fully saturated rings. The number of ether oxygens (including phenoxy) is 1. The van der Waals surface area contributed by atoms with Gasteiger partial charge in [-0.25, -0.2) is 9.97 Å². The number of nitrogens with zero attached hydrogens (tertiary/aromatic N) is 2. The van der Waals surface area contributed by atoms with Gasteiger partial charge in [-0.2, -0.15) is 0 Å². The maximum atomic E-state index is 8.93. The van der Waals surface area contributed by atoms with E-state index in [1.165, 1.54) is 6.33 Å². The summed E-state index contributed by atoms with van der Waals surface area (Å²) in [5.41, 5.74) is 0. The van der Waals surface area contributed by atoms with Gasteiger partial charge in [-0.1, -0.05) is 6.92 Å². The van der Waals surface area contributed by atoms with Crippen LogP contribution in [0.5, 0.6) is 5.75 Å². The van der Waals surface area contributed by atoms with Crippen LogP contribution in [0.25, 0.3) is 0 Å². The Kier molecular flexibility index (Phi) is 6.21. The first-order chi connectivity index (χ1) is 8.72. The van der Waals surface area contributed by atoms with Crippen molar-refractivity contribution in [1.29, 1.82) is 0 Å². The van der Waals surface area contributed by atoms with E-state index in [2.05, 4.69) is 20.6 Å². The lowest BCUT2D eigenvalue weighted by Crippen LogP contribution is -2.09. The van der Waals surface area contributed by atoms with Gasteiger partial charge >= 0.3 is 0 Å². The van der Waals surface area contributed by atoms with Gasteiger partial charge < -0.3 is 20.5 Å². The molecule has 3 N–H and O–H groups in total. The number of rotatable bonds is 8. The fourth-order valence-corrected chi connectivity index (χ4v) is 1.62. The normalized spacial score (nSPS) is 12.0. The first kappa shape index (κ1) is 14.5. The van der Waals surface area contributed by atoms with Crippen LogP contribution in [-0.2, 0) is 0 Å². The molecule has 1 rings (SSSR count). The van der Waals surface area contributed by atoms with Gasteiger partial charge in [-0.3, -0.25) is 0 Å². The molecule has 0 bridgehead atoms. The van der Waals surface area contributed by atoms with Crippen molar-refractivity contribution < 1.29 is 9.84 Å². The SMILES string of the molecule is CNc1ncnc(NCCCC(C)CO)c1OC. The van der Waals surface area contributed by atoms with E-state index in [4.69, 9.17) is 9.84 Å². The minimum Gasteiger partial charge on any atom is -0.490 e. The molecule has 1 heterocycles. The third-order valence-corrected chi connectivity index (χ3v) is 2.72. The number of aromatic nitrogens is 2. The van der Waals surface area contributed by atoms with E-state index >= 15 is 0 Å². The van der Waals surface area contributed by atoms with Crippen molar-refractivity contribution in [2.45, 2.75) is 19.8 Å². The molecule has 0 saturated carbocycles.